The van der Waals surface area contributed by atoms with E-state index in [1.54, 1.807) is 42.9 Å². The minimum atomic E-state index is -1.14. The van der Waals surface area contributed by atoms with E-state index in [-0.39, 0.29) is 23.4 Å². The molecule has 0 bridgehead atoms. The Bertz CT molecular complexity index is 1530. The van der Waals surface area contributed by atoms with E-state index in [0.29, 0.717) is 5.75 Å². The molecule has 0 saturated heterocycles. The molecule has 5 aromatic rings. The van der Waals surface area contributed by atoms with E-state index >= 15 is 0 Å². The lowest BCUT2D eigenvalue weighted by atomic mass is 10.0. The molecule has 0 unspecified atom stereocenters. The Labute approximate surface area is 213 Å². The van der Waals surface area contributed by atoms with Gasteiger partial charge in [0.15, 0.2) is 0 Å². The molecule has 0 saturated carbocycles. The van der Waals surface area contributed by atoms with Crippen molar-refractivity contribution in [2.45, 2.75) is 6.61 Å². The predicted molar refractivity (Wildman–Crippen MR) is 142 cm³/mol. The van der Waals surface area contributed by atoms with Crippen molar-refractivity contribution in [3.05, 3.63) is 132 Å². The molecule has 0 fully saturated rings. The average molecular weight is 490 g/mol. The molecule has 6 heteroatoms. The van der Waals surface area contributed by atoms with Gasteiger partial charge in [0.2, 0.25) is 0 Å². The first-order valence-electron chi connectivity index (χ1n) is 11.7. The highest BCUT2D eigenvalue weighted by atomic mass is 16.5. The van der Waals surface area contributed by atoms with Crippen LogP contribution in [0, 0.1) is 0 Å². The number of nitrogens with one attached hydrogen (secondary N) is 1. The van der Waals surface area contributed by atoms with Crippen LogP contribution in [-0.2, 0) is 6.61 Å². The molecule has 0 atom stereocenters. The molecule has 0 aliphatic rings. The quantitative estimate of drug-likeness (QED) is 0.242. The second-order valence-electron chi connectivity index (χ2n) is 8.38. The fourth-order valence-corrected chi connectivity index (χ4v) is 4.01. The number of carbonyl (C=O) groups excluding carboxylic acids is 1. The molecule has 4 aromatic carbocycles. The maximum Gasteiger partial charge on any atom is 0.337 e. The van der Waals surface area contributed by atoms with Gasteiger partial charge in [-0.15, -0.1) is 0 Å². The van der Waals surface area contributed by atoms with Crippen LogP contribution in [0.4, 0.5) is 5.69 Å². The fourth-order valence-electron chi connectivity index (χ4n) is 4.01. The summed E-state index contributed by atoms with van der Waals surface area (Å²) >= 11 is 0. The van der Waals surface area contributed by atoms with Crippen molar-refractivity contribution in [1.82, 2.24) is 0 Å². The van der Waals surface area contributed by atoms with Gasteiger partial charge in [-0.2, -0.15) is 0 Å². The average Bonchev–Trinajstić information content (AvgIpc) is 3.48. The van der Waals surface area contributed by atoms with Crippen LogP contribution in [0.15, 0.2) is 120 Å². The number of rotatable bonds is 8. The van der Waals surface area contributed by atoms with Crippen molar-refractivity contribution >= 4 is 17.6 Å². The third-order valence-electron chi connectivity index (χ3n) is 5.92. The molecule has 5 rings (SSSR count). The predicted octanol–water partition coefficient (Wildman–Crippen LogP) is 7.14. The number of hydrogen-bond donors (Lipinski definition) is 2. The maximum atomic E-state index is 13.6. The zero-order valence-electron chi connectivity index (χ0n) is 19.8. The standard InChI is InChI=1S/C31H23NO5/c33-30(32-28-18-24(11-13-26(28)31(34)35)22-9-5-2-6-10-22)27-17-23(25-15-16-36-20-25)12-14-29(27)37-19-21-7-3-1-4-8-21/h1-18,20H,19H2,(H,32,33)(H,34,35). The van der Waals surface area contributed by atoms with Crippen LogP contribution >= 0.6 is 0 Å². The highest BCUT2D eigenvalue weighted by Crippen LogP contribution is 2.30. The molecule has 6 nitrogen and oxygen atoms in total. The third kappa shape index (κ3) is 5.44. The molecule has 2 N–H and O–H groups in total. The Kier molecular flexibility index (Phi) is 6.81. The number of ether oxygens (including phenoxy) is 1. The Balaban J connectivity index is 1.50. The summed E-state index contributed by atoms with van der Waals surface area (Å²) in [7, 11) is 0. The summed E-state index contributed by atoms with van der Waals surface area (Å²) in [5, 5.41) is 12.6. The molecule has 0 aliphatic carbocycles. The van der Waals surface area contributed by atoms with Crippen LogP contribution in [-0.4, -0.2) is 17.0 Å². The maximum absolute atomic E-state index is 13.6. The van der Waals surface area contributed by atoms with Gasteiger partial charge in [-0.05, 0) is 52.6 Å². The van der Waals surface area contributed by atoms with Crippen molar-refractivity contribution in [2.75, 3.05) is 5.32 Å². The number of anilines is 1. The van der Waals surface area contributed by atoms with Gasteiger partial charge in [-0.1, -0.05) is 72.8 Å². The zero-order chi connectivity index (χ0) is 25.6. The monoisotopic (exact) mass is 489 g/mol. The number of carbonyl (C=O) groups is 2. The second kappa shape index (κ2) is 10.7. The third-order valence-corrected chi connectivity index (χ3v) is 5.92. The molecule has 37 heavy (non-hydrogen) atoms. The number of amides is 1. The summed E-state index contributed by atoms with van der Waals surface area (Å²) in [6.07, 6.45) is 3.15. The van der Waals surface area contributed by atoms with Crippen LogP contribution in [0.5, 0.6) is 5.75 Å². The molecule has 1 heterocycles. The lowest BCUT2D eigenvalue weighted by molar-refractivity contribution is 0.0698. The van der Waals surface area contributed by atoms with Crippen molar-refractivity contribution in [1.29, 1.82) is 0 Å². The smallest absolute Gasteiger partial charge is 0.337 e. The van der Waals surface area contributed by atoms with Crippen molar-refractivity contribution in [3.8, 4) is 28.0 Å². The van der Waals surface area contributed by atoms with Gasteiger partial charge >= 0.3 is 5.97 Å². The molecule has 0 spiro atoms. The van der Waals surface area contributed by atoms with E-state index in [2.05, 4.69) is 5.32 Å². The summed E-state index contributed by atoms with van der Waals surface area (Å²) in [6, 6.07) is 31.2. The Morgan fingerprint density at radius 2 is 1.43 bits per heavy atom. The highest BCUT2D eigenvalue weighted by Gasteiger charge is 2.19. The van der Waals surface area contributed by atoms with Gasteiger partial charge in [-0.3, -0.25) is 4.79 Å². The topological polar surface area (TPSA) is 88.8 Å². The van der Waals surface area contributed by atoms with E-state index in [0.717, 1.165) is 27.8 Å². The number of carboxylic acid groups (broad SMARTS) is 1. The first-order valence-corrected chi connectivity index (χ1v) is 11.7. The molecule has 0 radical (unpaired) electrons. The van der Waals surface area contributed by atoms with E-state index in [9.17, 15) is 14.7 Å². The number of hydrogen-bond acceptors (Lipinski definition) is 4. The number of furan rings is 1. The van der Waals surface area contributed by atoms with Crippen molar-refractivity contribution in [3.63, 3.8) is 0 Å². The summed E-state index contributed by atoms with van der Waals surface area (Å²) in [5.41, 5.74) is 4.68. The summed E-state index contributed by atoms with van der Waals surface area (Å²) in [6.45, 7) is 0.274. The highest BCUT2D eigenvalue weighted by molar-refractivity contribution is 6.10. The van der Waals surface area contributed by atoms with Crippen LogP contribution in [0.25, 0.3) is 22.3 Å². The Morgan fingerprint density at radius 3 is 2.14 bits per heavy atom. The summed E-state index contributed by atoms with van der Waals surface area (Å²) in [5.74, 6) is -1.24. The van der Waals surface area contributed by atoms with Crippen LogP contribution < -0.4 is 10.1 Å². The van der Waals surface area contributed by atoms with E-state index in [1.165, 1.54) is 6.07 Å². The molecular formula is C31H23NO5. The largest absolute Gasteiger partial charge is 0.488 e. The summed E-state index contributed by atoms with van der Waals surface area (Å²) in [4.78, 5) is 25.5. The fraction of sp³-hybridized carbons (Fsp3) is 0.0323. The lowest BCUT2D eigenvalue weighted by Gasteiger charge is -2.15. The molecule has 1 amide bonds. The van der Waals surface area contributed by atoms with Gasteiger partial charge in [0.25, 0.3) is 5.91 Å². The zero-order valence-corrected chi connectivity index (χ0v) is 19.8. The molecule has 0 aliphatic heterocycles. The minimum absolute atomic E-state index is 0.00854. The second-order valence-corrected chi connectivity index (χ2v) is 8.38. The van der Waals surface area contributed by atoms with Crippen LogP contribution in [0.2, 0.25) is 0 Å². The number of benzene rings is 4. The van der Waals surface area contributed by atoms with Gasteiger partial charge in [-0.25, -0.2) is 4.79 Å². The first kappa shape index (κ1) is 23.6. The van der Waals surface area contributed by atoms with E-state index in [4.69, 9.17) is 9.15 Å². The van der Waals surface area contributed by atoms with Gasteiger partial charge in [0.05, 0.1) is 29.3 Å². The van der Waals surface area contributed by atoms with Gasteiger partial charge in [0.1, 0.15) is 12.4 Å². The van der Waals surface area contributed by atoms with Gasteiger partial charge in [0, 0.05) is 5.56 Å². The normalized spacial score (nSPS) is 10.6. The number of aromatic carboxylic acids is 1. The Morgan fingerprint density at radius 1 is 0.730 bits per heavy atom. The lowest BCUT2D eigenvalue weighted by Crippen LogP contribution is -2.16. The molecular weight excluding hydrogens is 466 g/mol. The SMILES string of the molecule is O=C(O)c1ccc(-c2ccccc2)cc1NC(=O)c1cc(-c2ccoc2)ccc1OCc1ccccc1. The summed E-state index contributed by atoms with van der Waals surface area (Å²) < 4.78 is 11.2. The van der Waals surface area contributed by atoms with Crippen molar-refractivity contribution in [2.24, 2.45) is 0 Å². The van der Waals surface area contributed by atoms with E-state index in [1.807, 2.05) is 66.7 Å². The van der Waals surface area contributed by atoms with Crippen LogP contribution in [0.3, 0.4) is 0 Å². The minimum Gasteiger partial charge on any atom is -0.488 e. The van der Waals surface area contributed by atoms with Crippen molar-refractivity contribution < 1.29 is 23.8 Å². The number of carboxylic acids is 1. The first-order chi connectivity index (χ1) is 18.1. The van der Waals surface area contributed by atoms with E-state index < -0.39 is 11.9 Å². The van der Waals surface area contributed by atoms with Gasteiger partial charge < -0.3 is 19.6 Å². The Hall–Kier alpha value is -5.10. The van der Waals surface area contributed by atoms with Crippen LogP contribution in [0.1, 0.15) is 26.3 Å². The molecule has 1 aromatic heterocycles. The molecule has 182 valence electrons.